The van der Waals surface area contributed by atoms with Crippen LogP contribution in [0.15, 0.2) is 70.7 Å². The molecular weight excluding hydrogens is 494 g/mol. The molecule has 186 valence electrons. The summed E-state index contributed by atoms with van der Waals surface area (Å²) in [5.74, 6) is 0.0862. The predicted molar refractivity (Wildman–Crippen MR) is 138 cm³/mol. The van der Waals surface area contributed by atoms with E-state index in [0.29, 0.717) is 5.75 Å². The van der Waals surface area contributed by atoms with Gasteiger partial charge in [0.05, 0.1) is 23.7 Å². The van der Waals surface area contributed by atoms with Crippen LogP contribution in [0, 0.1) is 21.4 Å². The van der Waals surface area contributed by atoms with Crippen LogP contribution in [-0.2, 0) is 4.79 Å². The molecule has 0 aliphatic heterocycles. The lowest BCUT2D eigenvalue weighted by molar-refractivity contribution is -0.384. The van der Waals surface area contributed by atoms with Crippen molar-refractivity contribution in [1.82, 2.24) is 10.2 Å². The van der Waals surface area contributed by atoms with E-state index in [1.54, 1.807) is 6.07 Å². The lowest BCUT2D eigenvalue weighted by Crippen LogP contribution is -2.13. The number of nitro groups is 1. The SMILES string of the molecule is CCC(c1ccccc1)c1nnc(NC(=O)/C(C#N)=C\c2ccc(-c3ccc(OC)cc3[N+](=O)[O-])o2)s1. The Kier molecular flexibility index (Phi) is 7.71. The summed E-state index contributed by atoms with van der Waals surface area (Å²) in [6, 6.07) is 19.2. The summed E-state index contributed by atoms with van der Waals surface area (Å²) in [7, 11) is 1.41. The molecule has 37 heavy (non-hydrogen) atoms. The maximum absolute atomic E-state index is 12.7. The van der Waals surface area contributed by atoms with Gasteiger partial charge in [-0.2, -0.15) is 5.26 Å². The van der Waals surface area contributed by atoms with Crippen molar-refractivity contribution in [2.75, 3.05) is 12.4 Å². The van der Waals surface area contributed by atoms with Crippen LogP contribution in [0.3, 0.4) is 0 Å². The standard InChI is InChI=1S/C26H21N5O5S/c1-3-20(16-7-5-4-6-8-16)25-29-30-26(37-25)28-24(32)17(15-27)13-19-10-12-23(36-19)21-11-9-18(35-2)14-22(21)31(33)34/h4-14,20H,3H2,1-2H3,(H,28,30,32)/b17-13-. The average molecular weight is 516 g/mol. The van der Waals surface area contributed by atoms with Gasteiger partial charge in [-0.15, -0.1) is 10.2 Å². The van der Waals surface area contributed by atoms with E-state index in [4.69, 9.17) is 9.15 Å². The van der Waals surface area contributed by atoms with Crippen molar-refractivity contribution in [2.24, 2.45) is 0 Å². The highest BCUT2D eigenvalue weighted by atomic mass is 32.1. The molecular formula is C26H21N5O5S. The van der Waals surface area contributed by atoms with Crippen LogP contribution >= 0.6 is 11.3 Å². The van der Waals surface area contributed by atoms with Gasteiger partial charge in [-0.05, 0) is 36.2 Å². The first-order valence-corrected chi connectivity index (χ1v) is 12.0. The number of benzene rings is 2. The number of hydrogen-bond donors (Lipinski definition) is 1. The molecule has 1 amide bonds. The molecule has 0 saturated heterocycles. The highest BCUT2D eigenvalue weighted by molar-refractivity contribution is 7.15. The molecule has 0 spiro atoms. The fourth-order valence-corrected chi connectivity index (χ4v) is 4.64. The first kappa shape index (κ1) is 25.3. The molecule has 4 aromatic rings. The zero-order valence-corrected chi connectivity index (χ0v) is 20.7. The lowest BCUT2D eigenvalue weighted by atomic mass is 9.97. The fourth-order valence-electron chi connectivity index (χ4n) is 3.69. The van der Waals surface area contributed by atoms with Crippen molar-refractivity contribution >= 4 is 34.1 Å². The summed E-state index contributed by atoms with van der Waals surface area (Å²) in [4.78, 5) is 23.7. The number of nitriles is 1. The van der Waals surface area contributed by atoms with Gasteiger partial charge in [0, 0.05) is 12.0 Å². The van der Waals surface area contributed by atoms with Crippen molar-refractivity contribution in [3.05, 3.63) is 92.7 Å². The van der Waals surface area contributed by atoms with Crippen LogP contribution in [-0.4, -0.2) is 28.1 Å². The third-order valence-electron chi connectivity index (χ3n) is 5.51. The van der Waals surface area contributed by atoms with Gasteiger partial charge in [-0.3, -0.25) is 20.2 Å². The van der Waals surface area contributed by atoms with E-state index in [9.17, 15) is 20.2 Å². The second kappa shape index (κ2) is 11.3. The zero-order valence-electron chi connectivity index (χ0n) is 19.9. The Balaban J connectivity index is 1.52. The predicted octanol–water partition coefficient (Wildman–Crippen LogP) is 5.80. The zero-order chi connectivity index (χ0) is 26.4. The number of ether oxygens (including phenoxy) is 1. The highest BCUT2D eigenvalue weighted by Gasteiger charge is 2.21. The van der Waals surface area contributed by atoms with Gasteiger partial charge in [-0.1, -0.05) is 48.6 Å². The maximum atomic E-state index is 12.7. The minimum atomic E-state index is -0.675. The van der Waals surface area contributed by atoms with Crippen LogP contribution in [0.25, 0.3) is 17.4 Å². The Hall–Kier alpha value is -4.82. The van der Waals surface area contributed by atoms with Crippen molar-refractivity contribution in [2.45, 2.75) is 19.3 Å². The molecule has 1 N–H and O–H groups in total. The summed E-state index contributed by atoms with van der Waals surface area (Å²) in [6.45, 7) is 2.05. The minimum Gasteiger partial charge on any atom is -0.497 e. The van der Waals surface area contributed by atoms with Crippen LogP contribution in [0.1, 0.15) is 35.6 Å². The highest BCUT2D eigenvalue weighted by Crippen LogP contribution is 2.35. The molecule has 0 bridgehead atoms. The number of nitrogens with zero attached hydrogens (tertiary/aromatic N) is 4. The van der Waals surface area contributed by atoms with Gasteiger partial charge < -0.3 is 9.15 Å². The number of methoxy groups -OCH3 is 1. The number of hydrogen-bond acceptors (Lipinski definition) is 9. The molecule has 0 aliphatic rings. The minimum absolute atomic E-state index is 0.0406. The number of amides is 1. The van der Waals surface area contributed by atoms with E-state index in [-0.39, 0.29) is 39.4 Å². The van der Waals surface area contributed by atoms with E-state index in [1.165, 1.54) is 48.8 Å². The van der Waals surface area contributed by atoms with Crippen molar-refractivity contribution in [3.63, 3.8) is 0 Å². The van der Waals surface area contributed by atoms with Gasteiger partial charge in [-0.25, -0.2) is 0 Å². The van der Waals surface area contributed by atoms with Gasteiger partial charge in [0.1, 0.15) is 33.9 Å². The molecule has 11 heteroatoms. The Morgan fingerprint density at radius 2 is 2.03 bits per heavy atom. The van der Waals surface area contributed by atoms with Crippen LogP contribution in [0.5, 0.6) is 5.75 Å². The van der Waals surface area contributed by atoms with Crippen molar-refractivity contribution < 1.29 is 18.9 Å². The summed E-state index contributed by atoms with van der Waals surface area (Å²) < 4.78 is 10.7. The number of aromatic nitrogens is 2. The topological polar surface area (TPSA) is 144 Å². The first-order valence-electron chi connectivity index (χ1n) is 11.2. The molecule has 0 fully saturated rings. The number of nitrogens with one attached hydrogen (secondary N) is 1. The quantitative estimate of drug-likeness (QED) is 0.127. The monoisotopic (exact) mass is 515 g/mol. The summed E-state index contributed by atoms with van der Waals surface area (Å²) in [5.41, 5.74) is 0.911. The number of carbonyl (C=O) groups is 1. The molecule has 0 aliphatic carbocycles. The Bertz CT molecular complexity index is 1500. The maximum Gasteiger partial charge on any atom is 0.284 e. The van der Waals surface area contributed by atoms with Crippen LogP contribution in [0.4, 0.5) is 10.8 Å². The molecule has 0 radical (unpaired) electrons. The number of rotatable bonds is 9. The molecule has 0 saturated carbocycles. The van der Waals surface area contributed by atoms with Gasteiger partial charge in [0.2, 0.25) is 5.13 Å². The van der Waals surface area contributed by atoms with E-state index < -0.39 is 10.8 Å². The summed E-state index contributed by atoms with van der Waals surface area (Å²) in [5, 5.41) is 33.0. The first-order chi connectivity index (χ1) is 17.9. The third-order valence-corrected chi connectivity index (χ3v) is 6.47. The van der Waals surface area contributed by atoms with Gasteiger partial charge in [0.25, 0.3) is 11.6 Å². The summed E-state index contributed by atoms with van der Waals surface area (Å²) in [6.07, 6.45) is 2.07. The molecule has 1 atom stereocenters. The largest absolute Gasteiger partial charge is 0.497 e. The van der Waals surface area contributed by atoms with Crippen molar-refractivity contribution in [1.29, 1.82) is 5.26 Å². The number of carbonyl (C=O) groups excluding carboxylic acids is 1. The van der Waals surface area contributed by atoms with E-state index in [1.807, 2.05) is 43.3 Å². The molecule has 2 aromatic carbocycles. The number of nitro benzene ring substituents is 1. The fraction of sp³-hybridized carbons (Fsp3) is 0.154. The number of anilines is 1. The normalized spacial score (nSPS) is 12.0. The molecule has 2 aromatic heterocycles. The Labute approximate surface area is 216 Å². The average Bonchev–Trinajstić information content (AvgIpc) is 3.57. The van der Waals surface area contributed by atoms with Gasteiger partial charge in [0.15, 0.2) is 0 Å². The Morgan fingerprint density at radius 3 is 2.70 bits per heavy atom. The van der Waals surface area contributed by atoms with E-state index in [0.717, 1.165) is 17.0 Å². The molecule has 2 heterocycles. The third kappa shape index (κ3) is 5.71. The smallest absolute Gasteiger partial charge is 0.284 e. The molecule has 4 rings (SSSR count). The lowest BCUT2D eigenvalue weighted by Gasteiger charge is -2.10. The second-order valence-corrected chi connectivity index (χ2v) is 8.79. The van der Waals surface area contributed by atoms with Crippen LogP contribution in [0.2, 0.25) is 0 Å². The molecule has 10 nitrogen and oxygen atoms in total. The molecule has 1 unspecified atom stereocenters. The second-order valence-electron chi connectivity index (χ2n) is 7.78. The van der Waals surface area contributed by atoms with E-state index >= 15 is 0 Å². The van der Waals surface area contributed by atoms with Gasteiger partial charge >= 0.3 is 0 Å². The van der Waals surface area contributed by atoms with Crippen LogP contribution < -0.4 is 10.1 Å². The van der Waals surface area contributed by atoms with E-state index in [2.05, 4.69) is 15.5 Å². The van der Waals surface area contributed by atoms with Crippen molar-refractivity contribution in [3.8, 4) is 23.1 Å². The summed E-state index contributed by atoms with van der Waals surface area (Å²) >= 11 is 1.24. The Morgan fingerprint density at radius 1 is 1.24 bits per heavy atom. The number of furan rings is 1.